The molecule has 2 aromatic rings. The molecular weight excluding hydrogens is 326 g/mol. The molecule has 26 heavy (non-hydrogen) atoms. The fourth-order valence-corrected chi connectivity index (χ4v) is 3.93. The van der Waals surface area contributed by atoms with E-state index in [1.54, 1.807) is 0 Å². The minimum atomic E-state index is 0.0866. The molecule has 0 bridgehead atoms. The van der Waals surface area contributed by atoms with E-state index in [1.165, 1.54) is 0 Å². The van der Waals surface area contributed by atoms with Crippen LogP contribution in [0.15, 0.2) is 36.4 Å². The molecule has 0 spiro atoms. The van der Waals surface area contributed by atoms with Gasteiger partial charge in [-0.1, -0.05) is 30.3 Å². The summed E-state index contributed by atoms with van der Waals surface area (Å²) in [6.45, 7) is 3.53. The highest BCUT2D eigenvalue weighted by atomic mass is 16.3. The van der Waals surface area contributed by atoms with Crippen LogP contribution in [0.25, 0.3) is 11.3 Å². The number of aliphatic hydroxyl groups is 1. The fraction of sp³-hybridized carbons (Fsp3) is 0.476. The van der Waals surface area contributed by atoms with Crippen LogP contribution in [0.2, 0.25) is 0 Å². The molecule has 1 aliphatic rings. The van der Waals surface area contributed by atoms with Gasteiger partial charge in [-0.25, -0.2) is 0 Å². The van der Waals surface area contributed by atoms with Crippen molar-refractivity contribution in [3.63, 3.8) is 0 Å². The molecule has 2 unspecified atom stereocenters. The first-order chi connectivity index (χ1) is 12.4. The summed E-state index contributed by atoms with van der Waals surface area (Å²) in [6, 6.07) is 12.4. The van der Waals surface area contributed by atoms with Crippen molar-refractivity contribution in [2.24, 2.45) is 13.0 Å². The molecule has 0 aliphatic carbocycles. The third-order valence-corrected chi connectivity index (χ3v) is 5.74. The number of piperidine rings is 1. The molecule has 140 valence electrons. The Bertz CT molecular complexity index is 767. The Balaban J connectivity index is 1.87. The summed E-state index contributed by atoms with van der Waals surface area (Å²) in [5, 5.41) is 9.63. The Morgan fingerprint density at radius 2 is 1.96 bits per heavy atom. The quantitative estimate of drug-likeness (QED) is 0.916. The zero-order valence-corrected chi connectivity index (χ0v) is 16.1. The number of likely N-dealkylation sites (N-methyl/N-ethyl adjacent to an activating group) is 1. The van der Waals surface area contributed by atoms with E-state index in [-0.39, 0.29) is 24.5 Å². The maximum absolute atomic E-state index is 13.2. The van der Waals surface area contributed by atoms with Gasteiger partial charge in [0.15, 0.2) is 0 Å². The van der Waals surface area contributed by atoms with E-state index in [0.717, 1.165) is 28.9 Å². The van der Waals surface area contributed by atoms with Crippen LogP contribution < -0.4 is 0 Å². The predicted molar refractivity (Wildman–Crippen MR) is 104 cm³/mol. The standard InChI is InChI=1S/C21H29N3O2/c1-15-18(12-19(23(15)4)16-8-6-5-7-9-16)21(26)24-11-10-17(14-25)20(13-24)22(2)3/h5-9,12,17,20,25H,10-11,13-14H2,1-4H3. The monoisotopic (exact) mass is 355 g/mol. The number of benzene rings is 1. The molecule has 2 atom stereocenters. The molecule has 0 radical (unpaired) electrons. The number of rotatable bonds is 4. The Labute approximate surface area is 155 Å². The largest absolute Gasteiger partial charge is 0.396 e. The molecule has 1 aliphatic heterocycles. The van der Waals surface area contributed by atoms with E-state index in [4.69, 9.17) is 0 Å². The molecule has 0 saturated carbocycles. The molecule has 1 aromatic carbocycles. The lowest BCUT2D eigenvalue weighted by molar-refractivity contribution is 0.0379. The highest BCUT2D eigenvalue weighted by Crippen LogP contribution is 2.28. The number of aliphatic hydroxyl groups excluding tert-OH is 1. The van der Waals surface area contributed by atoms with Crippen LogP contribution in [0.3, 0.4) is 0 Å². The van der Waals surface area contributed by atoms with Gasteiger partial charge in [-0.2, -0.15) is 0 Å². The Morgan fingerprint density at radius 1 is 1.27 bits per heavy atom. The van der Waals surface area contributed by atoms with Crippen molar-refractivity contribution in [2.45, 2.75) is 19.4 Å². The van der Waals surface area contributed by atoms with Crippen LogP contribution in [0.4, 0.5) is 0 Å². The SMILES string of the molecule is Cc1c(C(=O)N2CCC(CO)C(N(C)C)C2)cc(-c2ccccc2)n1C. The average Bonchev–Trinajstić information content (AvgIpc) is 2.96. The van der Waals surface area contributed by atoms with Crippen molar-refractivity contribution in [1.29, 1.82) is 0 Å². The Kier molecular flexibility index (Phi) is 5.49. The zero-order chi connectivity index (χ0) is 18.8. The third-order valence-electron chi connectivity index (χ3n) is 5.74. The molecular formula is C21H29N3O2. The number of hydrogen-bond acceptors (Lipinski definition) is 3. The van der Waals surface area contributed by atoms with Gasteiger partial charge >= 0.3 is 0 Å². The van der Waals surface area contributed by atoms with Crippen molar-refractivity contribution in [3.8, 4) is 11.3 Å². The lowest BCUT2D eigenvalue weighted by Gasteiger charge is -2.41. The number of amides is 1. The second kappa shape index (κ2) is 7.64. The number of aromatic nitrogens is 1. The average molecular weight is 355 g/mol. The first-order valence-electron chi connectivity index (χ1n) is 9.22. The van der Waals surface area contributed by atoms with Crippen LogP contribution in [0.1, 0.15) is 22.5 Å². The van der Waals surface area contributed by atoms with Crippen LogP contribution in [0.5, 0.6) is 0 Å². The van der Waals surface area contributed by atoms with Gasteiger partial charge in [0.25, 0.3) is 5.91 Å². The molecule has 3 rings (SSSR count). The molecule has 1 fully saturated rings. The molecule has 5 heteroatoms. The van der Waals surface area contributed by atoms with Crippen molar-refractivity contribution in [2.75, 3.05) is 33.8 Å². The normalized spacial score (nSPS) is 20.6. The van der Waals surface area contributed by atoms with E-state index in [1.807, 2.05) is 57.2 Å². The summed E-state index contributed by atoms with van der Waals surface area (Å²) < 4.78 is 2.09. The van der Waals surface area contributed by atoms with Gasteiger partial charge in [0, 0.05) is 50.1 Å². The van der Waals surface area contributed by atoms with Crippen molar-refractivity contribution in [1.82, 2.24) is 14.4 Å². The van der Waals surface area contributed by atoms with Crippen molar-refractivity contribution >= 4 is 5.91 Å². The van der Waals surface area contributed by atoms with Crippen LogP contribution in [0, 0.1) is 12.8 Å². The maximum atomic E-state index is 13.2. The summed E-state index contributed by atoms with van der Waals surface area (Å²) in [4.78, 5) is 17.3. The first kappa shape index (κ1) is 18.7. The van der Waals surface area contributed by atoms with Gasteiger partial charge in [-0.05, 0) is 39.1 Å². The topological polar surface area (TPSA) is 48.7 Å². The van der Waals surface area contributed by atoms with Gasteiger partial charge in [0.2, 0.25) is 0 Å². The summed E-state index contributed by atoms with van der Waals surface area (Å²) in [5.41, 5.74) is 3.93. The van der Waals surface area contributed by atoms with Crippen LogP contribution in [-0.2, 0) is 7.05 Å². The van der Waals surface area contributed by atoms with Gasteiger partial charge in [0.1, 0.15) is 0 Å². The van der Waals surface area contributed by atoms with E-state index >= 15 is 0 Å². The summed E-state index contributed by atoms with van der Waals surface area (Å²) in [6.07, 6.45) is 0.836. The molecule has 5 nitrogen and oxygen atoms in total. The minimum Gasteiger partial charge on any atom is -0.396 e. The minimum absolute atomic E-state index is 0.0866. The molecule has 2 heterocycles. The zero-order valence-electron chi connectivity index (χ0n) is 16.1. The lowest BCUT2D eigenvalue weighted by Crippen LogP contribution is -2.53. The number of nitrogens with zero attached hydrogens (tertiary/aromatic N) is 3. The predicted octanol–water partition coefficient (Wildman–Crippen LogP) is 2.39. The Morgan fingerprint density at radius 3 is 2.58 bits per heavy atom. The van der Waals surface area contributed by atoms with Gasteiger partial charge in [-0.3, -0.25) is 4.79 Å². The lowest BCUT2D eigenvalue weighted by atomic mass is 9.91. The van der Waals surface area contributed by atoms with Crippen LogP contribution in [-0.4, -0.2) is 65.2 Å². The number of likely N-dealkylation sites (tertiary alicyclic amines) is 1. The van der Waals surface area contributed by atoms with Gasteiger partial charge in [-0.15, -0.1) is 0 Å². The smallest absolute Gasteiger partial charge is 0.255 e. The van der Waals surface area contributed by atoms with E-state index < -0.39 is 0 Å². The third kappa shape index (κ3) is 3.41. The number of carbonyl (C=O) groups excluding carboxylic acids is 1. The van der Waals surface area contributed by atoms with E-state index in [0.29, 0.717) is 13.1 Å². The first-order valence-corrected chi connectivity index (χ1v) is 9.22. The molecule has 1 amide bonds. The fourth-order valence-electron chi connectivity index (χ4n) is 3.93. The number of hydrogen-bond donors (Lipinski definition) is 1. The van der Waals surface area contributed by atoms with Crippen LogP contribution >= 0.6 is 0 Å². The highest BCUT2D eigenvalue weighted by Gasteiger charge is 2.33. The van der Waals surface area contributed by atoms with Gasteiger partial charge < -0.3 is 19.5 Å². The second-order valence-electron chi connectivity index (χ2n) is 7.47. The maximum Gasteiger partial charge on any atom is 0.255 e. The van der Waals surface area contributed by atoms with Gasteiger partial charge in [0.05, 0.1) is 5.56 Å². The highest BCUT2D eigenvalue weighted by molar-refractivity contribution is 5.97. The Hall–Kier alpha value is -2.11. The van der Waals surface area contributed by atoms with Crippen molar-refractivity contribution < 1.29 is 9.90 Å². The van der Waals surface area contributed by atoms with E-state index in [9.17, 15) is 9.90 Å². The molecule has 1 saturated heterocycles. The summed E-state index contributed by atoms with van der Waals surface area (Å²) >= 11 is 0. The summed E-state index contributed by atoms with van der Waals surface area (Å²) in [5.74, 6) is 0.314. The number of carbonyl (C=O) groups is 1. The van der Waals surface area contributed by atoms with Crippen molar-refractivity contribution in [3.05, 3.63) is 47.7 Å². The molecule has 1 N–H and O–H groups in total. The summed E-state index contributed by atoms with van der Waals surface area (Å²) in [7, 11) is 6.04. The molecule has 1 aromatic heterocycles. The second-order valence-corrected chi connectivity index (χ2v) is 7.47. The van der Waals surface area contributed by atoms with E-state index in [2.05, 4.69) is 21.6 Å².